The number of carbonyl (C=O) groups excluding carboxylic acids is 1. The highest BCUT2D eigenvalue weighted by Gasteiger charge is 2.33. The van der Waals surface area contributed by atoms with Crippen molar-refractivity contribution in [3.63, 3.8) is 0 Å². The summed E-state index contributed by atoms with van der Waals surface area (Å²) in [6.07, 6.45) is 2.22. The van der Waals surface area contributed by atoms with Crippen LogP contribution in [0.3, 0.4) is 0 Å². The van der Waals surface area contributed by atoms with Crippen LogP contribution in [0.4, 0.5) is 0 Å². The second-order valence-corrected chi connectivity index (χ2v) is 5.31. The normalized spacial score (nSPS) is 30.3. The van der Waals surface area contributed by atoms with Gasteiger partial charge in [-0.1, -0.05) is 0 Å². The van der Waals surface area contributed by atoms with Crippen molar-refractivity contribution in [3.8, 4) is 0 Å². The number of nitrogens with one attached hydrogen (secondary N) is 1. The SMILES string of the molecule is CC1CC(N(C)C(=O)C2CNC2)CCN1C.Cl. The molecule has 0 aliphatic carbocycles. The maximum absolute atomic E-state index is 12.1. The van der Waals surface area contributed by atoms with Crippen molar-refractivity contribution >= 4 is 18.3 Å². The first kappa shape index (κ1) is 14.7. The third kappa shape index (κ3) is 3.12. The Morgan fingerprint density at radius 2 is 2.06 bits per heavy atom. The predicted octanol–water partition coefficient (Wildman–Crippen LogP) is 0.569. The molecule has 100 valence electrons. The molecule has 2 fully saturated rings. The summed E-state index contributed by atoms with van der Waals surface area (Å²) in [7, 11) is 4.14. The number of halogens is 1. The Morgan fingerprint density at radius 3 is 2.53 bits per heavy atom. The van der Waals surface area contributed by atoms with E-state index in [-0.39, 0.29) is 18.3 Å². The summed E-state index contributed by atoms with van der Waals surface area (Å²) in [4.78, 5) is 16.5. The second-order valence-electron chi connectivity index (χ2n) is 5.31. The van der Waals surface area contributed by atoms with Crippen molar-refractivity contribution in [1.29, 1.82) is 0 Å². The average molecular weight is 262 g/mol. The first-order valence-electron chi connectivity index (χ1n) is 6.27. The second kappa shape index (κ2) is 6.03. The summed E-state index contributed by atoms with van der Waals surface area (Å²) in [6, 6.07) is 1.04. The topological polar surface area (TPSA) is 35.6 Å². The Morgan fingerprint density at radius 1 is 1.41 bits per heavy atom. The molecule has 1 N–H and O–H groups in total. The zero-order valence-electron chi connectivity index (χ0n) is 11.0. The minimum atomic E-state index is 0. The first-order valence-corrected chi connectivity index (χ1v) is 6.27. The van der Waals surface area contributed by atoms with Crippen LogP contribution in [0.15, 0.2) is 0 Å². The minimum absolute atomic E-state index is 0. The molecule has 0 aromatic rings. The van der Waals surface area contributed by atoms with E-state index in [1.165, 1.54) is 0 Å². The number of hydrogen-bond donors (Lipinski definition) is 1. The predicted molar refractivity (Wildman–Crippen MR) is 71.5 cm³/mol. The molecule has 2 rings (SSSR count). The van der Waals surface area contributed by atoms with Gasteiger partial charge in [0.25, 0.3) is 0 Å². The van der Waals surface area contributed by atoms with Gasteiger partial charge in [-0.05, 0) is 26.8 Å². The molecule has 0 spiro atoms. The van der Waals surface area contributed by atoms with Crippen LogP contribution < -0.4 is 5.32 Å². The molecule has 0 aromatic heterocycles. The quantitative estimate of drug-likeness (QED) is 0.790. The Bertz CT molecular complexity index is 270. The lowest BCUT2D eigenvalue weighted by Crippen LogP contribution is -2.55. The Kier molecular flexibility index (Phi) is 5.22. The molecule has 5 heteroatoms. The van der Waals surface area contributed by atoms with Gasteiger partial charge in [0, 0.05) is 38.8 Å². The van der Waals surface area contributed by atoms with E-state index in [1.54, 1.807) is 0 Å². The first-order chi connectivity index (χ1) is 7.59. The number of piperidine rings is 1. The molecule has 0 saturated carbocycles. The van der Waals surface area contributed by atoms with E-state index in [2.05, 4.69) is 24.2 Å². The molecule has 2 aliphatic rings. The van der Waals surface area contributed by atoms with Gasteiger partial charge in [-0.25, -0.2) is 0 Å². The van der Waals surface area contributed by atoms with Crippen molar-refractivity contribution in [2.75, 3.05) is 33.7 Å². The smallest absolute Gasteiger partial charge is 0.228 e. The van der Waals surface area contributed by atoms with E-state index in [1.807, 2.05) is 11.9 Å². The Hall–Kier alpha value is -0.320. The summed E-state index contributed by atoms with van der Waals surface area (Å²) in [5, 5.41) is 3.16. The van der Waals surface area contributed by atoms with Crippen LogP contribution in [0.5, 0.6) is 0 Å². The molecular formula is C12H24ClN3O. The van der Waals surface area contributed by atoms with Crippen LogP contribution >= 0.6 is 12.4 Å². The number of likely N-dealkylation sites (tertiary alicyclic amines) is 1. The van der Waals surface area contributed by atoms with E-state index in [0.29, 0.717) is 18.0 Å². The van der Waals surface area contributed by atoms with Crippen molar-refractivity contribution in [1.82, 2.24) is 15.1 Å². The van der Waals surface area contributed by atoms with Gasteiger partial charge >= 0.3 is 0 Å². The number of carbonyl (C=O) groups is 1. The molecule has 2 aliphatic heterocycles. The standard InChI is InChI=1S/C12H23N3O.ClH/c1-9-6-11(4-5-14(9)2)15(3)12(16)10-7-13-8-10;/h9-11,13H,4-8H2,1-3H3;1H. The van der Waals surface area contributed by atoms with Gasteiger partial charge in [0.15, 0.2) is 0 Å². The number of rotatable bonds is 2. The van der Waals surface area contributed by atoms with E-state index in [4.69, 9.17) is 0 Å². The van der Waals surface area contributed by atoms with Gasteiger partial charge in [0.2, 0.25) is 5.91 Å². The van der Waals surface area contributed by atoms with Crippen LogP contribution in [-0.2, 0) is 4.79 Å². The molecule has 2 saturated heterocycles. The van der Waals surface area contributed by atoms with Crippen LogP contribution in [0.25, 0.3) is 0 Å². The van der Waals surface area contributed by atoms with Crippen molar-refractivity contribution < 1.29 is 4.79 Å². The average Bonchev–Trinajstić information content (AvgIpc) is 2.18. The number of hydrogen-bond acceptors (Lipinski definition) is 3. The lowest BCUT2D eigenvalue weighted by atomic mass is 9.95. The highest BCUT2D eigenvalue weighted by atomic mass is 35.5. The third-order valence-electron chi connectivity index (χ3n) is 4.21. The maximum atomic E-state index is 12.1. The van der Waals surface area contributed by atoms with Gasteiger partial charge in [-0.2, -0.15) is 0 Å². The van der Waals surface area contributed by atoms with E-state index < -0.39 is 0 Å². The summed E-state index contributed by atoms with van der Waals surface area (Å²) in [5.41, 5.74) is 0. The molecule has 0 radical (unpaired) electrons. The summed E-state index contributed by atoms with van der Waals surface area (Å²) >= 11 is 0. The fourth-order valence-corrected chi connectivity index (χ4v) is 2.55. The van der Waals surface area contributed by atoms with Crippen LogP contribution in [-0.4, -0.2) is 61.5 Å². The lowest BCUT2D eigenvalue weighted by Gasteiger charge is -2.41. The Balaban J connectivity index is 0.00000144. The van der Waals surface area contributed by atoms with Gasteiger partial charge in [-0.3, -0.25) is 4.79 Å². The van der Waals surface area contributed by atoms with Crippen molar-refractivity contribution in [2.24, 2.45) is 5.92 Å². The van der Waals surface area contributed by atoms with Crippen molar-refractivity contribution in [2.45, 2.75) is 31.8 Å². The highest BCUT2D eigenvalue weighted by Crippen LogP contribution is 2.21. The molecule has 0 bridgehead atoms. The lowest BCUT2D eigenvalue weighted by molar-refractivity contribution is -0.139. The maximum Gasteiger partial charge on any atom is 0.228 e. The Labute approximate surface area is 110 Å². The van der Waals surface area contributed by atoms with E-state index in [0.717, 1.165) is 32.5 Å². The van der Waals surface area contributed by atoms with Crippen LogP contribution in [0, 0.1) is 5.92 Å². The van der Waals surface area contributed by atoms with Crippen LogP contribution in [0.1, 0.15) is 19.8 Å². The summed E-state index contributed by atoms with van der Waals surface area (Å²) < 4.78 is 0. The van der Waals surface area contributed by atoms with E-state index in [9.17, 15) is 4.79 Å². The fraction of sp³-hybridized carbons (Fsp3) is 0.917. The highest BCUT2D eigenvalue weighted by molar-refractivity contribution is 5.85. The largest absolute Gasteiger partial charge is 0.342 e. The van der Waals surface area contributed by atoms with Gasteiger partial charge in [0.05, 0.1) is 5.92 Å². The fourth-order valence-electron chi connectivity index (χ4n) is 2.55. The molecule has 0 aromatic carbocycles. The minimum Gasteiger partial charge on any atom is -0.342 e. The monoisotopic (exact) mass is 261 g/mol. The van der Waals surface area contributed by atoms with Gasteiger partial charge in [0.1, 0.15) is 0 Å². The molecule has 2 heterocycles. The summed E-state index contributed by atoms with van der Waals surface area (Å²) in [6.45, 7) is 5.08. The molecule has 2 atom stereocenters. The van der Waals surface area contributed by atoms with Gasteiger partial charge in [-0.15, -0.1) is 12.4 Å². The number of nitrogens with zero attached hydrogens (tertiary/aromatic N) is 2. The molecule has 4 nitrogen and oxygen atoms in total. The molecule has 17 heavy (non-hydrogen) atoms. The number of amides is 1. The van der Waals surface area contributed by atoms with E-state index >= 15 is 0 Å². The zero-order chi connectivity index (χ0) is 11.7. The molecular weight excluding hydrogens is 238 g/mol. The van der Waals surface area contributed by atoms with Crippen molar-refractivity contribution in [3.05, 3.63) is 0 Å². The van der Waals surface area contributed by atoms with Gasteiger partial charge < -0.3 is 15.1 Å². The summed E-state index contributed by atoms with van der Waals surface area (Å²) in [5.74, 6) is 0.570. The zero-order valence-corrected chi connectivity index (χ0v) is 11.8. The van der Waals surface area contributed by atoms with Crippen LogP contribution in [0.2, 0.25) is 0 Å². The molecule has 2 unspecified atom stereocenters. The third-order valence-corrected chi connectivity index (χ3v) is 4.21. The molecule has 1 amide bonds.